The lowest BCUT2D eigenvalue weighted by atomic mass is 10.1. The van der Waals surface area contributed by atoms with Crippen LogP contribution in [0.1, 0.15) is 32.4 Å². The number of hydrogen-bond donors (Lipinski definition) is 1. The first-order valence-electron chi connectivity index (χ1n) is 6.16. The van der Waals surface area contributed by atoms with Crippen molar-refractivity contribution in [2.24, 2.45) is 5.73 Å². The minimum Gasteiger partial charge on any atom is -0.444 e. The van der Waals surface area contributed by atoms with Gasteiger partial charge in [-0.3, -0.25) is 0 Å². The van der Waals surface area contributed by atoms with Crippen molar-refractivity contribution in [1.82, 2.24) is 4.90 Å². The summed E-state index contributed by atoms with van der Waals surface area (Å²) in [5.74, 6) is -0.320. The van der Waals surface area contributed by atoms with Crippen LogP contribution in [-0.4, -0.2) is 30.2 Å². The molecular formula is C14H21FN2O2. The van der Waals surface area contributed by atoms with Crippen LogP contribution in [0.25, 0.3) is 0 Å². The third kappa shape index (κ3) is 4.52. The maximum Gasteiger partial charge on any atom is 0.410 e. The van der Waals surface area contributed by atoms with Gasteiger partial charge in [0.25, 0.3) is 0 Å². The standard InChI is InChI=1S/C14H21FN2O2/c1-14(2,3)19-13(18)17(4)12(9-16)10-5-7-11(15)8-6-10/h5-8,12H,9,16H2,1-4H3. The van der Waals surface area contributed by atoms with E-state index in [0.717, 1.165) is 5.56 Å². The van der Waals surface area contributed by atoms with E-state index in [9.17, 15) is 9.18 Å². The van der Waals surface area contributed by atoms with Crippen molar-refractivity contribution in [3.63, 3.8) is 0 Å². The number of hydrogen-bond acceptors (Lipinski definition) is 3. The number of benzene rings is 1. The summed E-state index contributed by atoms with van der Waals surface area (Å²) in [6.45, 7) is 5.64. The number of carbonyl (C=O) groups excluding carboxylic acids is 1. The van der Waals surface area contributed by atoms with Gasteiger partial charge in [-0.25, -0.2) is 9.18 Å². The molecule has 0 aliphatic carbocycles. The number of rotatable bonds is 3. The van der Waals surface area contributed by atoms with E-state index in [1.54, 1.807) is 40.0 Å². The van der Waals surface area contributed by atoms with E-state index in [-0.39, 0.29) is 18.4 Å². The maximum atomic E-state index is 12.9. The quantitative estimate of drug-likeness (QED) is 0.917. The third-order valence-electron chi connectivity index (χ3n) is 2.63. The van der Waals surface area contributed by atoms with E-state index in [1.165, 1.54) is 17.0 Å². The molecule has 1 aromatic rings. The molecule has 19 heavy (non-hydrogen) atoms. The van der Waals surface area contributed by atoms with Crippen LogP contribution in [0.15, 0.2) is 24.3 Å². The van der Waals surface area contributed by atoms with Gasteiger partial charge in [0.1, 0.15) is 11.4 Å². The molecule has 2 N–H and O–H groups in total. The molecule has 106 valence electrons. The Balaban J connectivity index is 2.85. The van der Waals surface area contributed by atoms with Crippen molar-refractivity contribution in [3.8, 4) is 0 Å². The molecule has 0 saturated heterocycles. The smallest absolute Gasteiger partial charge is 0.410 e. The summed E-state index contributed by atoms with van der Waals surface area (Å²) in [5.41, 5.74) is 5.92. The van der Waals surface area contributed by atoms with Gasteiger partial charge < -0.3 is 15.4 Å². The summed E-state index contributed by atoms with van der Waals surface area (Å²) in [6.07, 6.45) is -0.452. The first-order valence-corrected chi connectivity index (χ1v) is 6.16. The molecule has 1 atom stereocenters. The van der Waals surface area contributed by atoms with Crippen LogP contribution in [0.3, 0.4) is 0 Å². The zero-order chi connectivity index (χ0) is 14.6. The van der Waals surface area contributed by atoms with E-state index in [1.807, 2.05) is 0 Å². The lowest BCUT2D eigenvalue weighted by Gasteiger charge is -2.30. The minimum absolute atomic E-state index is 0.237. The fourth-order valence-electron chi connectivity index (χ4n) is 1.66. The zero-order valence-electron chi connectivity index (χ0n) is 11.8. The van der Waals surface area contributed by atoms with E-state index >= 15 is 0 Å². The fraction of sp³-hybridized carbons (Fsp3) is 0.500. The van der Waals surface area contributed by atoms with Crippen LogP contribution in [0.5, 0.6) is 0 Å². The van der Waals surface area contributed by atoms with Gasteiger partial charge in [0.2, 0.25) is 0 Å². The molecule has 0 saturated carbocycles. The highest BCUT2D eigenvalue weighted by Gasteiger charge is 2.25. The molecule has 0 heterocycles. The second-order valence-electron chi connectivity index (χ2n) is 5.39. The molecule has 4 nitrogen and oxygen atoms in total. The minimum atomic E-state index is -0.562. The highest BCUT2D eigenvalue weighted by atomic mass is 19.1. The van der Waals surface area contributed by atoms with Gasteiger partial charge in [-0.05, 0) is 38.5 Å². The van der Waals surface area contributed by atoms with Gasteiger partial charge in [0.05, 0.1) is 6.04 Å². The molecule has 1 amide bonds. The van der Waals surface area contributed by atoms with Gasteiger partial charge >= 0.3 is 6.09 Å². The van der Waals surface area contributed by atoms with Crippen molar-refractivity contribution in [2.45, 2.75) is 32.4 Å². The highest BCUT2D eigenvalue weighted by molar-refractivity contribution is 5.68. The average Bonchev–Trinajstić information content (AvgIpc) is 2.30. The molecule has 0 aliphatic heterocycles. The Bertz CT molecular complexity index is 426. The lowest BCUT2D eigenvalue weighted by Crippen LogP contribution is -2.39. The molecular weight excluding hydrogens is 247 g/mol. The highest BCUT2D eigenvalue weighted by Crippen LogP contribution is 2.21. The van der Waals surface area contributed by atoms with Crippen LogP contribution in [0.4, 0.5) is 9.18 Å². The Kier molecular flexibility index (Phi) is 4.89. The number of nitrogens with zero attached hydrogens (tertiary/aromatic N) is 1. The molecule has 0 fully saturated rings. The molecule has 0 bridgehead atoms. The van der Waals surface area contributed by atoms with Crippen molar-refractivity contribution < 1.29 is 13.9 Å². The summed E-state index contributed by atoms with van der Waals surface area (Å²) in [4.78, 5) is 13.4. The van der Waals surface area contributed by atoms with Crippen LogP contribution >= 0.6 is 0 Å². The Morgan fingerprint density at radius 3 is 2.32 bits per heavy atom. The number of carbonyl (C=O) groups is 1. The van der Waals surface area contributed by atoms with Crippen LogP contribution in [0.2, 0.25) is 0 Å². The number of amides is 1. The van der Waals surface area contributed by atoms with Crippen LogP contribution in [0, 0.1) is 5.82 Å². The van der Waals surface area contributed by atoms with Crippen LogP contribution in [-0.2, 0) is 4.74 Å². The zero-order valence-corrected chi connectivity index (χ0v) is 11.8. The van der Waals surface area contributed by atoms with E-state index in [2.05, 4.69) is 0 Å². The van der Waals surface area contributed by atoms with Gasteiger partial charge in [-0.1, -0.05) is 12.1 Å². The monoisotopic (exact) mass is 268 g/mol. The molecule has 1 unspecified atom stereocenters. The molecule has 1 aromatic carbocycles. The van der Waals surface area contributed by atoms with Gasteiger partial charge in [0.15, 0.2) is 0 Å². The number of likely N-dealkylation sites (N-methyl/N-ethyl adjacent to an activating group) is 1. The molecule has 0 aromatic heterocycles. The van der Waals surface area contributed by atoms with E-state index in [4.69, 9.17) is 10.5 Å². The SMILES string of the molecule is CN(C(=O)OC(C)(C)C)C(CN)c1ccc(F)cc1. The summed E-state index contributed by atoms with van der Waals surface area (Å²) in [7, 11) is 1.62. The Hall–Kier alpha value is -1.62. The summed E-state index contributed by atoms with van der Waals surface area (Å²) >= 11 is 0. The van der Waals surface area contributed by atoms with Crippen LogP contribution < -0.4 is 5.73 Å². The number of halogens is 1. The molecule has 0 spiro atoms. The maximum absolute atomic E-state index is 12.9. The van der Waals surface area contributed by atoms with E-state index < -0.39 is 11.7 Å². The van der Waals surface area contributed by atoms with Gasteiger partial charge in [-0.15, -0.1) is 0 Å². The van der Waals surface area contributed by atoms with Crippen molar-refractivity contribution >= 4 is 6.09 Å². The lowest BCUT2D eigenvalue weighted by molar-refractivity contribution is 0.0225. The largest absolute Gasteiger partial charge is 0.444 e. The second kappa shape index (κ2) is 6.02. The number of ether oxygens (including phenoxy) is 1. The number of nitrogens with two attached hydrogens (primary N) is 1. The topological polar surface area (TPSA) is 55.6 Å². The van der Waals surface area contributed by atoms with Gasteiger partial charge in [0, 0.05) is 13.6 Å². The Morgan fingerprint density at radius 1 is 1.37 bits per heavy atom. The average molecular weight is 268 g/mol. The molecule has 1 rings (SSSR count). The second-order valence-corrected chi connectivity index (χ2v) is 5.39. The first kappa shape index (κ1) is 15.4. The predicted octanol–water partition coefficient (Wildman–Crippen LogP) is 2.69. The normalized spacial score (nSPS) is 12.9. The summed E-state index contributed by atoms with van der Waals surface area (Å²) in [5, 5.41) is 0. The summed E-state index contributed by atoms with van der Waals surface area (Å²) in [6, 6.07) is 5.60. The van der Waals surface area contributed by atoms with Crippen molar-refractivity contribution in [3.05, 3.63) is 35.6 Å². The Morgan fingerprint density at radius 2 is 1.89 bits per heavy atom. The van der Waals surface area contributed by atoms with Gasteiger partial charge in [-0.2, -0.15) is 0 Å². The molecule has 0 radical (unpaired) electrons. The first-order chi connectivity index (χ1) is 8.74. The fourth-order valence-corrected chi connectivity index (χ4v) is 1.66. The van der Waals surface area contributed by atoms with Crippen molar-refractivity contribution in [2.75, 3.05) is 13.6 Å². The van der Waals surface area contributed by atoms with E-state index in [0.29, 0.717) is 0 Å². The summed E-state index contributed by atoms with van der Waals surface area (Å²) < 4.78 is 18.2. The molecule has 5 heteroatoms. The predicted molar refractivity (Wildman–Crippen MR) is 72.2 cm³/mol. The Labute approximate surface area is 113 Å². The third-order valence-corrected chi connectivity index (χ3v) is 2.63. The van der Waals surface area contributed by atoms with Crippen molar-refractivity contribution in [1.29, 1.82) is 0 Å². The molecule has 0 aliphatic rings.